The summed E-state index contributed by atoms with van der Waals surface area (Å²) >= 11 is 0. The van der Waals surface area contributed by atoms with Gasteiger partial charge in [0, 0.05) is 18.8 Å². The van der Waals surface area contributed by atoms with Crippen molar-refractivity contribution in [2.75, 3.05) is 7.11 Å². The standard InChI is InChI=1S/C14H21N3O4/c1-8(2)13-16-11(21-17-13)7-6-10(18)15-12(9-4-5-9)14(19)20-3/h8-9,12H,4-7H2,1-3H3,(H,15,18)/t12-/m1/s1. The normalized spacial score (nSPS) is 15.8. The van der Waals surface area contributed by atoms with E-state index in [1.807, 2.05) is 13.8 Å². The SMILES string of the molecule is COC(=O)[C@H](NC(=O)CCc1nc(C(C)C)no1)C1CC1. The molecule has 0 aliphatic heterocycles. The van der Waals surface area contributed by atoms with Crippen LogP contribution in [0, 0.1) is 5.92 Å². The Labute approximate surface area is 123 Å². The van der Waals surface area contributed by atoms with Crippen molar-refractivity contribution >= 4 is 11.9 Å². The zero-order valence-electron chi connectivity index (χ0n) is 12.6. The minimum absolute atomic E-state index is 0.190. The number of aromatic nitrogens is 2. The quantitative estimate of drug-likeness (QED) is 0.759. The van der Waals surface area contributed by atoms with E-state index in [1.165, 1.54) is 7.11 Å². The molecule has 1 saturated carbocycles. The number of hydrogen-bond acceptors (Lipinski definition) is 6. The van der Waals surface area contributed by atoms with Crippen molar-refractivity contribution in [2.24, 2.45) is 5.92 Å². The van der Waals surface area contributed by atoms with Gasteiger partial charge in [0.15, 0.2) is 5.82 Å². The third kappa shape index (κ3) is 4.27. The van der Waals surface area contributed by atoms with Crippen LogP contribution in [0.4, 0.5) is 0 Å². The summed E-state index contributed by atoms with van der Waals surface area (Å²) in [7, 11) is 1.33. The van der Waals surface area contributed by atoms with Gasteiger partial charge < -0.3 is 14.6 Å². The predicted octanol–water partition coefficient (Wildman–Crippen LogP) is 1.19. The molecule has 7 nitrogen and oxygen atoms in total. The third-order valence-electron chi connectivity index (χ3n) is 3.43. The number of esters is 1. The molecule has 0 bridgehead atoms. The molecule has 1 aliphatic rings. The summed E-state index contributed by atoms with van der Waals surface area (Å²) in [5, 5.41) is 6.57. The van der Waals surface area contributed by atoms with Gasteiger partial charge in [-0.25, -0.2) is 4.79 Å². The number of nitrogens with zero attached hydrogens (tertiary/aromatic N) is 2. The largest absolute Gasteiger partial charge is 0.467 e. The van der Waals surface area contributed by atoms with Crippen LogP contribution in [0.2, 0.25) is 0 Å². The van der Waals surface area contributed by atoms with Crippen LogP contribution in [0.5, 0.6) is 0 Å². The van der Waals surface area contributed by atoms with Crippen LogP contribution < -0.4 is 5.32 Å². The van der Waals surface area contributed by atoms with E-state index < -0.39 is 6.04 Å². The minimum Gasteiger partial charge on any atom is -0.467 e. The van der Waals surface area contributed by atoms with Crippen molar-refractivity contribution in [3.8, 4) is 0 Å². The Morgan fingerprint density at radius 1 is 1.43 bits per heavy atom. The highest BCUT2D eigenvalue weighted by atomic mass is 16.5. The number of ether oxygens (including phenoxy) is 1. The Kier molecular flexibility index (Phi) is 4.93. The average molecular weight is 295 g/mol. The molecule has 116 valence electrons. The number of aryl methyl sites for hydroxylation is 1. The molecule has 1 atom stereocenters. The molecule has 0 unspecified atom stereocenters. The molecule has 1 aromatic heterocycles. The number of nitrogens with one attached hydrogen (secondary N) is 1. The van der Waals surface area contributed by atoms with Crippen molar-refractivity contribution in [1.29, 1.82) is 0 Å². The van der Waals surface area contributed by atoms with Crippen LogP contribution in [0.15, 0.2) is 4.52 Å². The molecule has 1 aliphatic carbocycles. The van der Waals surface area contributed by atoms with Crippen LogP contribution in [-0.2, 0) is 20.7 Å². The number of methoxy groups -OCH3 is 1. The van der Waals surface area contributed by atoms with E-state index in [0.29, 0.717) is 18.1 Å². The molecule has 1 heterocycles. The van der Waals surface area contributed by atoms with Crippen LogP contribution in [0.3, 0.4) is 0 Å². The lowest BCUT2D eigenvalue weighted by Crippen LogP contribution is -2.43. The Hall–Kier alpha value is -1.92. The predicted molar refractivity (Wildman–Crippen MR) is 73.4 cm³/mol. The lowest BCUT2D eigenvalue weighted by molar-refractivity contribution is -0.145. The molecule has 21 heavy (non-hydrogen) atoms. The first-order chi connectivity index (χ1) is 10.0. The summed E-state index contributed by atoms with van der Waals surface area (Å²) in [6, 6.07) is -0.531. The van der Waals surface area contributed by atoms with E-state index in [2.05, 4.69) is 15.5 Å². The molecule has 1 aromatic rings. The summed E-state index contributed by atoms with van der Waals surface area (Å²) in [5.74, 6) is 0.880. The maximum Gasteiger partial charge on any atom is 0.328 e. The van der Waals surface area contributed by atoms with Crippen molar-refractivity contribution in [3.05, 3.63) is 11.7 Å². The number of rotatable bonds is 7. The molecule has 1 N–H and O–H groups in total. The highest BCUT2D eigenvalue weighted by Crippen LogP contribution is 2.33. The third-order valence-corrected chi connectivity index (χ3v) is 3.43. The van der Waals surface area contributed by atoms with Crippen molar-refractivity contribution < 1.29 is 18.8 Å². The fraction of sp³-hybridized carbons (Fsp3) is 0.714. The van der Waals surface area contributed by atoms with Crippen LogP contribution in [0.1, 0.15) is 50.7 Å². The maximum atomic E-state index is 11.9. The second kappa shape index (κ2) is 6.69. The van der Waals surface area contributed by atoms with Gasteiger partial charge in [0.05, 0.1) is 7.11 Å². The zero-order valence-corrected chi connectivity index (χ0v) is 12.6. The molecule has 7 heteroatoms. The molecule has 0 spiro atoms. The van der Waals surface area contributed by atoms with Gasteiger partial charge in [-0.2, -0.15) is 4.98 Å². The maximum absolute atomic E-state index is 11.9. The Morgan fingerprint density at radius 2 is 2.14 bits per heavy atom. The van der Waals surface area contributed by atoms with E-state index in [4.69, 9.17) is 9.26 Å². The summed E-state index contributed by atoms with van der Waals surface area (Å²) in [6.07, 6.45) is 2.47. The van der Waals surface area contributed by atoms with Gasteiger partial charge >= 0.3 is 5.97 Å². The van der Waals surface area contributed by atoms with E-state index in [9.17, 15) is 9.59 Å². The van der Waals surface area contributed by atoms with Crippen molar-refractivity contribution in [2.45, 2.75) is 51.5 Å². The van der Waals surface area contributed by atoms with Gasteiger partial charge in [0.1, 0.15) is 6.04 Å². The highest BCUT2D eigenvalue weighted by molar-refractivity contribution is 5.85. The Morgan fingerprint density at radius 3 is 2.67 bits per heavy atom. The number of hydrogen-bond donors (Lipinski definition) is 1. The monoisotopic (exact) mass is 295 g/mol. The second-order valence-corrected chi connectivity index (χ2v) is 5.61. The number of carbonyl (C=O) groups excluding carboxylic acids is 2. The van der Waals surface area contributed by atoms with Crippen LogP contribution in [-0.4, -0.2) is 35.2 Å². The zero-order chi connectivity index (χ0) is 15.4. The van der Waals surface area contributed by atoms with E-state index in [-0.39, 0.29) is 30.1 Å². The molecule has 0 saturated heterocycles. The average Bonchev–Trinajstić information content (AvgIpc) is 3.18. The topological polar surface area (TPSA) is 94.3 Å². The first-order valence-electron chi connectivity index (χ1n) is 7.21. The van der Waals surface area contributed by atoms with Gasteiger partial charge in [-0.05, 0) is 18.8 Å². The highest BCUT2D eigenvalue weighted by Gasteiger charge is 2.37. The first-order valence-corrected chi connectivity index (χ1v) is 7.21. The van der Waals surface area contributed by atoms with Gasteiger partial charge in [-0.15, -0.1) is 0 Å². The van der Waals surface area contributed by atoms with Crippen molar-refractivity contribution in [3.63, 3.8) is 0 Å². The fourth-order valence-electron chi connectivity index (χ4n) is 2.00. The Balaban J connectivity index is 1.81. The molecule has 0 radical (unpaired) electrons. The van der Waals surface area contributed by atoms with Gasteiger partial charge in [0.2, 0.25) is 11.8 Å². The van der Waals surface area contributed by atoms with Crippen LogP contribution >= 0.6 is 0 Å². The number of carbonyl (C=O) groups is 2. The van der Waals surface area contributed by atoms with Crippen molar-refractivity contribution in [1.82, 2.24) is 15.5 Å². The molecular formula is C14H21N3O4. The summed E-state index contributed by atoms with van der Waals surface area (Å²) in [4.78, 5) is 27.7. The van der Waals surface area contributed by atoms with E-state index >= 15 is 0 Å². The summed E-state index contributed by atoms with van der Waals surface area (Å²) < 4.78 is 9.79. The number of amides is 1. The molecule has 1 amide bonds. The molecule has 1 fully saturated rings. The summed E-state index contributed by atoms with van der Waals surface area (Å²) in [5.41, 5.74) is 0. The first kappa shape index (κ1) is 15.5. The lowest BCUT2D eigenvalue weighted by atomic mass is 10.1. The lowest BCUT2D eigenvalue weighted by Gasteiger charge is -2.15. The fourth-order valence-corrected chi connectivity index (χ4v) is 2.00. The second-order valence-electron chi connectivity index (χ2n) is 5.61. The molecule has 0 aromatic carbocycles. The molecule has 2 rings (SSSR count). The van der Waals surface area contributed by atoms with Gasteiger partial charge in [-0.1, -0.05) is 19.0 Å². The Bertz CT molecular complexity index is 508. The minimum atomic E-state index is -0.531. The molecular weight excluding hydrogens is 274 g/mol. The smallest absolute Gasteiger partial charge is 0.328 e. The summed E-state index contributed by atoms with van der Waals surface area (Å²) in [6.45, 7) is 3.94. The van der Waals surface area contributed by atoms with E-state index in [0.717, 1.165) is 12.8 Å². The van der Waals surface area contributed by atoms with Gasteiger partial charge in [-0.3, -0.25) is 4.79 Å². The van der Waals surface area contributed by atoms with Crippen LogP contribution in [0.25, 0.3) is 0 Å². The van der Waals surface area contributed by atoms with E-state index in [1.54, 1.807) is 0 Å². The van der Waals surface area contributed by atoms with Gasteiger partial charge in [0.25, 0.3) is 0 Å².